The molecule has 0 spiro atoms. The molecule has 0 bridgehead atoms. The van der Waals surface area contributed by atoms with E-state index in [1.807, 2.05) is 36.4 Å². The van der Waals surface area contributed by atoms with Crippen LogP contribution in [0.25, 0.3) is 6.08 Å². The van der Waals surface area contributed by atoms with Gasteiger partial charge in [-0.05, 0) is 6.07 Å². The Balaban J connectivity index is 2.06. The summed E-state index contributed by atoms with van der Waals surface area (Å²) in [5.74, 6) is 0.962. The number of β-lactam (4-membered cyclic amide) rings is 1. The molecule has 3 heteroatoms. The van der Waals surface area contributed by atoms with Crippen LogP contribution in [0.1, 0.15) is 12.0 Å². The zero-order valence-corrected chi connectivity index (χ0v) is 8.57. The number of hydrogen-bond donors (Lipinski definition) is 1. The third-order valence-electron chi connectivity index (χ3n) is 2.40. The summed E-state index contributed by atoms with van der Waals surface area (Å²) in [4.78, 5) is 10.7. The molecule has 1 aliphatic rings. The molecule has 1 aromatic carbocycles. The van der Waals surface area contributed by atoms with Gasteiger partial charge in [0.25, 0.3) is 0 Å². The van der Waals surface area contributed by atoms with Crippen LogP contribution in [0.5, 0.6) is 5.75 Å². The largest absolute Gasteiger partial charge is 0.496 e. The summed E-state index contributed by atoms with van der Waals surface area (Å²) in [6.45, 7) is 0. The van der Waals surface area contributed by atoms with Gasteiger partial charge in [-0.2, -0.15) is 0 Å². The lowest BCUT2D eigenvalue weighted by atomic mass is 10.0. The molecule has 0 radical (unpaired) electrons. The van der Waals surface area contributed by atoms with Crippen molar-refractivity contribution in [3.05, 3.63) is 35.9 Å². The highest BCUT2D eigenvalue weighted by Crippen LogP contribution is 2.19. The molecular formula is C12H13NO2. The number of carbonyl (C=O) groups excluding carboxylic acids is 1. The van der Waals surface area contributed by atoms with Gasteiger partial charge in [0.05, 0.1) is 19.6 Å². The zero-order chi connectivity index (χ0) is 10.7. The van der Waals surface area contributed by atoms with Crippen LogP contribution >= 0.6 is 0 Å². The lowest BCUT2D eigenvalue weighted by Crippen LogP contribution is -2.46. The first-order valence-corrected chi connectivity index (χ1v) is 4.90. The predicted octanol–water partition coefficient (Wildman–Crippen LogP) is 1.60. The smallest absolute Gasteiger partial charge is 0.222 e. The van der Waals surface area contributed by atoms with E-state index in [1.165, 1.54) is 0 Å². The number of para-hydroxylation sites is 1. The second kappa shape index (κ2) is 4.17. The molecule has 2 rings (SSSR count). The number of methoxy groups -OCH3 is 1. The van der Waals surface area contributed by atoms with Crippen molar-refractivity contribution in [3.63, 3.8) is 0 Å². The highest BCUT2D eigenvalue weighted by atomic mass is 16.5. The van der Waals surface area contributed by atoms with E-state index in [4.69, 9.17) is 4.74 Å². The Hall–Kier alpha value is -1.77. The fourth-order valence-electron chi connectivity index (χ4n) is 1.53. The zero-order valence-electron chi connectivity index (χ0n) is 8.57. The van der Waals surface area contributed by atoms with Gasteiger partial charge in [-0.3, -0.25) is 4.79 Å². The minimum atomic E-state index is 0.115. The molecule has 0 aromatic heterocycles. The average Bonchev–Trinajstić information content (AvgIpc) is 2.23. The van der Waals surface area contributed by atoms with Crippen LogP contribution in [-0.2, 0) is 4.79 Å². The molecule has 1 aliphatic heterocycles. The normalized spacial score (nSPS) is 19.8. The summed E-state index contributed by atoms with van der Waals surface area (Å²) in [7, 11) is 1.65. The van der Waals surface area contributed by atoms with E-state index in [0.29, 0.717) is 6.42 Å². The Morgan fingerprint density at radius 2 is 2.20 bits per heavy atom. The molecule has 1 unspecified atom stereocenters. The molecule has 78 valence electrons. The Kier molecular flexibility index (Phi) is 2.72. The predicted molar refractivity (Wildman–Crippen MR) is 58.6 cm³/mol. The van der Waals surface area contributed by atoms with E-state index in [2.05, 4.69) is 5.32 Å². The van der Waals surface area contributed by atoms with E-state index in [9.17, 15) is 4.79 Å². The van der Waals surface area contributed by atoms with Crippen molar-refractivity contribution in [1.82, 2.24) is 5.32 Å². The fourth-order valence-corrected chi connectivity index (χ4v) is 1.53. The first kappa shape index (κ1) is 9.77. The van der Waals surface area contributed by atoms with Gasteiger partial charge in [-0.15, -0.1) is 0 Å². The highest BCUT2D eigenvalue weighted by Gasteiger charge is 2.21. The molecular weight excluding hydrogens is 190 g/mol. The van der Waals surface area contributed by atoms with E-state index in [0.717, 1.165) is 11.3 Å². The molecule has 0 saturated carbocycles. The summed E-state index contributed by atoms with van der Waals surface area (Å²) in [6.07, 6.45) is 4.55. The third kappa shape index (κ3) is 2.18. The molecule has 1 aromatic rings. The molecule has 1 amide bonds. The van der Waals surface area contributed by atoms with Crippen LogP contribution in [-0.4, -0.2) is 19.1 Å². The fraction of sp³-hybridized carbons (Fsp3) is 0.250. The molecule has 1 fully saturated rings. The Labute approximate surface area is 88.8 Å². The maximum absolute atomic E-state index is 10.7. The second-order valence-corrected chi connectivity index (χ2v) is 3.48. The summed E-state index contributed by atoms with van der Waals surface area (Å²) >= 11 is 0. The van der Waals surface area contributed by atoms with Gasteiger partial charge in [0, 0.05) is 5.56 Å². The molecule has 1 N–H and O–H groups in total. The van der Waals surface area contributed by atoms with Crippen molar-refractivity contribution in [2.75, 3.05) is 7.11 Å². The average molecular weight is 203 g/mol. The summed E-state index contributed by atoms with van der Waals surface area (Å²) in [6, 6.07) is 7.97. The van der Waals surface area contributed by atoms with Crippen molar-refractivity contribution in [2.45, 2.75) is 12.5 Å². The number of amides is 1. The van der Waals surface area contributed by atoms with Crippen molar-refractivity contribution < 1.29 is 9.53 Å². The van der Waals surface area contributed by atoms with Crippen LogP contribution < -0.4 is 10.1 Å². The minimum Gasteiger partial charge on any atom is -0.496 e. The Morgan fingerprint density at radius 1 is 1.47 bits per heavy atom. The van der Waals surface area contributed by atoms with Gasteiger partial charge in [0.15, 0.2) is 0 Å². The number of hydrogen-bond acceptors (Lipinski definition) is 2. The van der Waals surface area contributed by atoms with Gasteiger partial charge in [0.2, 0.25) is 5.91 Å². The van der Waals surface area contributed by atoms with Crippen LogP contribution in [0.4, 0.5) is 0 Å². The van der Waals surface area contributed by atoms with E-state index < -0.39 is 0 Å². The Bertz CT molecular complexity index is 390. The molecule has 15 heavy (non-hydrogen) atoms. The van der Waals surface area contributed by atoms with Gasteiger partial charge in [0.1, 0.15) is 5.75 Å². The SMILES string of the molecule is COc1ccccc1/C=C/C1CC(=O)N1. The van der Waals surface area contributed by atoms with Crippen molar-refractivity contribution in [2.24, 2.45) is 0 Å². The minimum absolute atomic E-state index is 0.115. The maximum atomic E-state index is 10.7. The van der Waals surface area contributed by atoms with Crippen LogP contribution in [0.15, 0.2) is 30.3 Å². The second-order valence-electron chi connectivity index (χ2n) is 3.48. The summed E-state index contributed by atoms with van der Waals surface area (Å²) in [5, 5.41) is 2.78. The molecule has 0 aliphatic carbocycles. The summed E-state index contributed by atoms with van der Waals surface area (Å²) in [5.41, 5.74) is 1.03. The number of ether oxygens (including phenoxy) is 1. The van der Waals surface area contributed by atoms with Crippen molar-refractivity contribution in [3.8, 4) is 5.75 Å². The van der Waals surface area contributed by atoms with Gasteiger partial charge >= 0.3 is 0 Å². The van der Waals surface area contributed by atoms with Gasteiger partial charge in [-0.1, -0.05) is 30.4 Å². The van der Waals surface area contributed by atoms with Crippen molar-refractivity contribution >= 4 is 12.0 Å². The van der Waals surface area contributed by atoms with Crippen molar-refractivity contribution in [1.29, 1.82) is 0 Å². The molecule has 1 atom stereocenters. The van der Waals surface area contributed by atoms with Crippen LogP contribution in [0.2, 0.25) is 0 Å². The van der Waals surface area contributed by atoms with E-state index in [-0.39, 0.29) is 11.9 Å². The maximum Gasteiger partial charge on any atom is 0.222 e. The lowest BCUT2D eigenvalue weighted by molar-refractivity contribution is -0.127. The van der Waals surface area contributed by atoms with Gasteiger partial charge in [-0.25, -0.2) is 0 Å². The number of nitrogens with one attached hydrogen (secondary N) is 1. The first-order valence-electron chi connectivity index (χ1n) is 4.90. The standard InChI is InChI=1S/C12H13NO2/c1-15-11-5-3-2-4-9(11)6-7-10-8-12(14)13-10/h2-7,10H,8H2,1H3,(H,13,14)/b7-6+. The molecule has 3 nitrogen and oxygen atoms in total. The number of benzene rings is 1. The topological polar surface area (TPSA) is 38.3 Å². The number of rotatable bonds is 3. The monoisotopic (exact) mass is 203 g/mol. The summed E-state index contributed by atoms with van der Waals surface area (Å²) < 4.78 is 5.21. The third-order valence-corrected chi connectivity index (χ3v) is 2.40. The highest BCUT2D eigenvalue weighted by molar-refractivity contribution is 5.84. The van der Waals surface area contributed by atoms with E-state index in [1.54, 1.807) is 7.11 Å². The first-order chi connectivity index (χ1) is 7.29. The Morgan fingerprint density at radius 3 is 2.87 bits per heavy atom. The van der Waals surface area contributed by atoms with E-state index >= 15 is 0 Å². The lowest BCUT2D eigenvalue weighted by Gasteiger charge is -2.23. The van der Waals surface area contributed by atoms with Crippen LogP contribution in [0.3, 0.4) is 0 Å². The molecule has 1 heterocycles. The van der Waals surface area contributed by atoms with Gasteiger partial charge < -0.3 is 10.1 Å². The molecule has 1 saturated heterocycles. The van der Waals surface area contributed by atoms with Crippen LogP contribution in [0, 0.1) is 0 Å². The quantitative estimate of drug-likeness (QED) is 0.758. The number of carbonyl (C=O) groups is 1.